The summed E-state index contributed by atoms with van der Waals surface area (Å²) in [7, 11) is 0. The average Bonchev–Trinajstić information content (AvgIpc) is 2.47. The maximum atomic E-state index is 10.7. The van der Waals surface area contributed by atoms with Gasteiger partial charge in [-0.3, -0.25) is 10.1 Å². The molecule has 20 heavy (non-hydrogen) atoms. The normalized spacial score (nSPS) is 17.9. The van der Waals surface area contributed by atoms with E-state index in [1.807, 2.05) is 0 Å². The van der Waals surface area contributed by atoms with Gasteiger partial charge in [0.05, 0.1) is 16.6 Å². The highest BCUT2D eigenvalue weighted by molar-refractivity contribution is 6.31. The number of rotatable bonds is 5. The van der Waals surface area contributed by atoms with Crippen molar-refractivity contribution in [1.29, 1.82) is 0 Å². The van der Waals surface area contributed by atoms with Gasteiger partial charge in [-0.15, -0.1) is 0 Å². The van der Waals surface area contributed by atoms with Crippen LogP contribution in [0, 0.1) is 10.1 Å². The van der Waals surface area contributed by atoms with Crippen molar-refractivity contribution in [2.75, 3.05) is 19.8 Å². The van der Waals surface area contributed by atoms with Crippen LogP contribution in [0.1, 0.15) is 18.4 Å². The molecule has 0 saturated carbocycles. The van der Waals surface area contributed by atoms with E-state index in [2.05, 4.69) is 5.32 Å². The molecule has 1 aromatic carbocycles. The molecule has 0 amide bonds. The lowest BCUT2D eigenvalue weighted by atomic mass is 9.90. The first-order valence-corrected chi connectivity index (χ1v) is 6.81. The van der Waals surface area contributed by atoms with Gasteiger partial charge in [-0.25, -0.2) is 0 Å². The molecule has 1 aliphatic heterocycles. The number of nitrogens with one attached hydrogen (secondary N) is 1. The van der Waals surface area contributed by atoms with Crippen LogP contribution in [-0.4, -0.2) is 35.4 Å². The molecule has 1 heterocycles. The molecule has 2 N–H and O–H groups in total. The summed E-state index contributed by atoms with van der Waals surface area (Å²) in [4.78, 5) is 10.2. The molecule has 0 spiro atoms. The lowest BCUT2D eigenvalue weighted by Crippen LogP contribution is -2.51. The average molecular weight is 301 g/mol. The molecule has 0 aliphatic carbocycles. The first-order chi connectivity index (χ1) is 9.56. The van der Waals surface area contributed by atoms with Crippen molar-refractivity contribution in [2.24, 2.45) is 0 Å². The van der Waals surface area contributed by atoms with Crippen LogP contribution >= 0.6 is 11.6 Å². The van der Waals surface area contributed by atoms with Crippen molar-refractivity contribution in [3.8, 4) is 0 Å². The largest absolute Gasteiger partial charge is 0.394 e. The number of ether oxygens (including phenoxy) is 1. The van der Waals surface area contributed by atoms with E-state index in [0.717, 1.165) is 18.4 Å². The number of aliphatic hydroxyl groups excluding tert-OH is 1. The first kappa shape index (κ1) is 15.2. The summed E-state index contributed by atoms with van der Waals surface area (Å²) in [6, 6.07) is 4.41. The molecule has 1 fully saturated rings. The molecule has 1 aromatic rings. The van der Waals surface area contributed by atoms with Gasteiger partial charge in [0.1, 0.15) is 0 Å². The minimum Gasteiger partial charge on any atom is -0.394 e. The van der Waals surface area contributed by atoms with E-state index in [0.29, 0.717) is 24.8 Å². The minimum atomic E-state index is -0.475. The number of halogens is 1. The number of nitro groups is 1. The van der Waals surface area contributed by atoms with Gasteiger partial charge in [-0.1, -0.05) is 11.6 Å². The van der Waals surface area contributed by atoms with Gasteiger partial charge in [0.25, 0.3) is 5.69 Å². The van der Waals surface area contributed by atoms with Crippen LogP contribution < -0.4 is 5.32 Å². The van der Waals surface area contributed by atoms with E-state index in [1.165, 1.54) is 12.1 Å². The van der Waals surface area contributed by atoms with Gasteiger partial charge in [0.15, 0.2) is 0 Å². The second kappa shape index (κ2) is 6.49. The fraction of sp³-hybridized carbons (Fsp3) is 0.538. The van der Waals surface area contributed by atoms with E-state index in [-0.39, 0.29) is 17.8 Å². The third kappa shape index (κ3) is 3.46. The maximum absolute atomic E-state index is 10.7. The first-order valence-electron chi connectivity index (χ1n) is 6.43. The highest BCUT2D eigenvalue weighted by Crippen LogP contribution is 2.25. The number of nitrogens with zero attached hydrogens (tertiary/aromatic N) is 1. The van der Waals surface area contributed by atoms with Crippen molar-refractivity contribution >= 4 is 17.3 Å². The van der Waals surface area contributed by atoms with Gasteiger partial charge in [0.2, 0.25) is 0 Å². The zero-order chi connectivity index (χ0) is 14.6. The Morgan fingerprint density at radius 2 is 2.15 bits per heavy atom. The Bertz CT molecular complexity index is 489. The summed E-state index contributed by atoms with van der Waals surface area (Å²) in [5, 5.41) is 23.9. The summed E-state index contributed by atoms with van der Waals surface area (Å²) in [6.45, 7) is 1.71. The predicted molar refractivity (Wildman–Crippen MR) is 74.8 cm³/mol. The van der Waals surface area contributed by atoms with Crippen molar-refractivity contribution in [1.82, 2.24) is 5.32 Å². The Labute approximate surface area is 121 Å². The third-order valence-corrected chi connectivity index (χ3v) is 4.01. The molecule has 1 saturated heterocycles. The summed E-state index contributed by atoms with van der Waals surface area (Å²) in [5.41, 5.74) is 0.391. The van der Waals surface area contributed by atoms with Crippen LogP contribution in [0.15, 0.2) is 18.2 Å². The molecular weight excluding hydrogens is 284 g/mol. The van der Waals surface area contributed by atoms with Gasteiger partial charge >= 0.3 is 0 Å². The molecular formula is C13H17ClN2O4. The summed E-state index contributed by atoms with van der Waals surface area (Å²) >= 11 is 6.05. The Morgan fingerprint density at radius 3 is 2.70 bits per heavy atom. The van der Waals surface area contributed by atoms with Crippen LogP contribution in [0.3, 0.4) is 0 Å². The van der Waals surface area contributed by atoms with Gasteiger partial charge < -0.3 is 15.2 Å². The second-order valence-corrected chi connectivity index (χ2v) is 5.34. The number of non-ortho nitro benzene ring substituents is 1. The number of hydrogen-bond acceptors (Lipinski definition) is 5. The lowest BCUT2D eigenvalue weighted by molar-refractivity contribution is -0.384. The quantitative estimate of drug-likeness (QED) is 0.640. The number of benzene rings is 1. The fourth-order valence-electron chi connectivity index (χ4n) is 2.23. The number of nitro benzene ring substituents is 1. The Morgan fingerprint density at radius 1 is 1.45 bits per heavy atom. The van der Waals surface area contributed by atoms with E-state index in [1.54, 1.807) is 6.07 Å². The van der Waals surface area contributed by atoms with Gasteiger partial charge in [-0.2, -0.15) is 0 Å². The van der Waals surface area contributed by atoms with E-state index < -0.39 is 4.92 Å². The molecule has 1 aliphatic rings. The smallest absolute Gasteiger partial charge is 0.270 e. The minimum absolute atomic E-state index is 0.0262. The molecule has 0 atom stereocenters. The van der Waals surface area contributed by atoms with Crippen molar-refractivity contribution in [3.05, 3.63) is 38.9 Å². The lowest BCUT2D eigenvalue weighted by Gasteiger charge is -2.36. The monoisotopic (exact) mass is 300 g/mol. The van der Waals surface area contributed by atoms with E-state index >= 15 is 0 Å². The van der Waals surface area contributed by atoms with Crippen molar-refractivity contribution < 1.29 is 14.8 Å². The maximum Gasteiger partial charge on any atom is 0.270 e. The Balaban J connectivity index is 2.04. The third-order valence-electron chi connectivity index (χ3n) is 3.65. The number of aliphatic hydroxyl groups is 1. The second-order valence-electron chi connectivity index (χ2n) is 4.94. The number of hydrogen-bond donors (Lipinski definition) is 2. The van der Waals surface area contributed by atoms with Crippen molar-refractivity contribution in [3.63, 3.8) is 0 Å². The summed E-state index contributed by atoms with van der Waals surface area (Å²) in [6.07, 6.45) is 1.46. The van der Waals surface area contributed by atoms with Crippen LogP contribution in [0.4, 0.5) is 5.69 Å². The molecule has 0 aromatic heterocycles. The van der Waals surface area contributed by atoms with Crippen molar-refractivity contribution in [2.45, 2.75) is 24.9 Å². The van der Waals surface area contributed by atoms with Gasteiger partial charge in [-0.05, 0) is 24.5 Å². The molecule has 110 valence electrons. The highest BCUT2D eigenvalue weighted by Gasteiger charge is 2.31. The molecule has 7 heteroatoms. The van der Waals surface area contributed by atoms with E-state index in [4.69, 9.17) is 16.3 Å². The predicted octanol–water partition coefficient (Wildman–Crippen LogP) is 1.88. The topological polar surface area (TPSA) is 84.6 Å². The van der Waals surface area contributed by atoms with Crippen LogP contribution in [-0.2, 0) is 11.3 Å². The van der Waals surface area contributed by atoms with Gasteiger partial charge in [0, 0.05) is 37.4 Å². The van der Waals surface area contributed by atoms with E-state index in [9.17, 15) is 15.2 Å². The Hall–Kier alpha value is -1.21. The zero-order valence-corrected chi connectivity index (χ0v) is 11.7. The van der Waals surface area contributed by atoms with Crippen LogP contribution in [0.2, 0.25) is 5.02 Å². The molecule has 0 unspecified atom stereocenters. The Kier molecular flexibility index (Phi) is 4.93. The standard InChI is InChI=1S/C13H17ClN2O4/c14-12-7-11(16(18)19)2-1-10(12)8-15-13(9-17)3-5-20-6-4-13/h1-2,7,15,17H,3-6,8-9H2. The fourth-order valence-corrected chi connectivity index (χ4v) is 2.47. The molecule has 2 rings (SSSR count). The summed E-state index contributed by atoms with van der Waals surface area (Å²) in [5.74, 6) is 0. The molecule has 0 bridgehead atoms. The molecule has 0 radical (unpaired) electrons. The zero-order valence-electron chi connectivity index (χ0n) is 11.0. The van der Waals surface area contributed by atoms with Crippen LogP contribution in [0.25, 0.3) is 0 Å². The molecule has 6 nitrogen and oxygen atoms in total. The SMILES string of the molecule is O=[N+]([O-])c1ccc(CNC2(CO)CCOCC2)c(Cl)c1. The summed E-state index contributed by atoms with van der Waals surface area (Å²) < 4.78 is 5.29. The highest BCUT2D eigenvalue weighted by atomic mass is 35.5. The van der Waals surface area contributed by atoms with Crippen LogP contribution in [0.5, 0.6) is 0 Å².